The molecule has 0 N–H and O–H groups in total. The first-order chi connectivity index (χ1) is 29.7. The van der Waals surface area contributed by atoms with Gasteiger partial charge in [-0.1, -0.05) is 182 Å². The molecular formula is C58H39NS. The SMILES string of the molecule is c1ccc(-c2ccccc2-c2cccc(N(c3ccc(-c4cccc(-c5ccc6ccccc6c5)c4)cc3)c3ccc(-c4cccc5c4sc4ccccc45)cc3)c2)cc1. The minimum atomic E-state index is 1.09. The highest BCUT2D eigenvalue weighted by Gasteiger charge is 2.17. The standard InChI is InChI=1S/C58H39NS/c1-2-14-42(15-3-1)52-21-6-7-22-53(52)48-19-11-20-51(39-48)59(50-35-31-43(32-36-50)54-24-12-25-56-55-23-8-9-26-57(55)60-58(54)56)49-33-29-41(30-34-49)45-17-10-18-46(37-45)47-28-27-40-13-4-5-16-44(40)38-47/h1-39H. The number of anilines is 3. The minimum Gasteiger partial charge on any atom is -0.310 e. The van der Waals surface area contributed by atoms with Crippen LogP contribution in [0.5, 0.6) is 0 Å². The molecule has 60 heavy (non-hydrogen) atoms. The maximum atomic E-state index is 2.38. The highest BCUT2D eigenvalue weighted by molar-refractivity contribution is 7.26. The Kier molecular flexibility index (Phi) is 9.11. The highest BCUT2D eigenvalue weighted by atomic mass is 32.1. The quantitative estimate of drug-likeness (QED) is 0.148. The molecule has 1 aromatic heterocycles. The molecule has 0 amide bonds. The van der Waals surface area contributed by atoms with E-state index in [9.17, 15) is 0 Å². The molecule has 0 unspecified atom stereocenters. The molecule has 1 nitrogen and oxygen atoms in total. The van der Waals surface area contributed by atoms with E-state index < -0.39 is 0 Å². The maximum Gasteiger partial charge on any atom is 0.0467 e. The second kappa shape index (κ2) is 15.3. The first-order valence-corrected chi connectivity index (χ1v) is 21.3. The van der Waals surface area contributed by atoms with Crippen molar-refractivity contribution in [3.05, 3.63) is 237 Å². The summed E-state index contributed by atoms with van der Waals surface area (Å²) in [5.74, 6) is 0. The lowest BCUT2D eigenvalue weighted by Gasteiger charge is -2.27. The summed E-state index contributed by atoms with van der Waals surface area (Å²) in [7, 11) is 0. The monoisotopic (exact) mass is 781 g/mol. The topological polar surface area (TPSA) is 3.24 Å². The molecule has 11 aromatic rings. The Morgan fingerprint density at radius 3 is 1.58 bits per heavy atom. The van der Waals surface area contributed by atoms with Crippen LogP contribution in [0, 0.1) is 0 Å². The van der Waals surface area contributed by atoms with Crippen molar-refractivity contribution in [2.75, 3.05) is 4.90 Å². The van der Waals surface area contributed by atoms with Gasteiger partial charge in [-0.05, 0) is 121 Å². The fraction of sp³-hybridized carbons (Fsp3) is 0. The second-order valence-corrected chi connectivity index (χ2v) is 16.4. The molecule has 10 aromatic carbocycles. The first-order valence-electron chi connectivity index (χ1n) is 20.5. The Bertz CT molecular complexity index is 3310. The van der Waals surface area contributed by atoms with Gasteiger partial charge >= 0.3 is 0 Å². The molecule has 0 atom stereocenters. The van der Waals surface area contributed by atoms with Crippen LogP contribution in [-0.2, 0) is 0 Å². The normalized spacial score (nSPS) is 11.3. The van der Waals surface area contributed by atoms with Gasteiger partial charge in [0, 0.05) is 37.2 Å². The van der Waals surface area contributed by atoms with Gasteiger partial charge in [-0.3, -0.25) is 0 Å². The van der Waals surface area contributed by atoms with Crippen LogP contribution in [0.2, 0.25) is 0 Å². The van der Waals surface area contributed by atoms with E-state index in [2.05, 4.69) is 241 Å². The lowest BCUT2D eigenvalue weighted by molar-refractivity contribution is 1.28. The van der Waals surface area contributed by atoms with Crippen LogP contribution in [0.3, 0.4) is 0 Å². The van der Waals surface area contributed by atoms with Gasteiger partial charge in [0.25, 0.3) is 0 Å². The summed E-state index contributed by atoms with van der Waals surface area (Å²) in [5.41, 5.74) is 15.4. The Morgan fingerprint density at radius 1 is 0.267 bits per heavy atom. The Morgan fingerprint density at radius 2 is 0.783 bits per heavy atom. The molecule has 2 heteroatoms. The second-order valence-electron chi connectivity index (χ2n) is 15.3. The van der Waals surface area contributed by atoms with E-state index in [0.29, 0.717) is 0 Å². The minimum absolute atomic E-state index is 1.09. The van der Waals surface area contributed by atoms with Crippen molar-refractivity contribution in [2.45, 2.75) is 0 Å². The van der Waals surface area contributed by atoms with Crippen LogP contribution in [0.25, 0.3) is 86.6 Å². The number of benzene rings is 10. The molecule has 1 heterocycles. The van der Waals surface area contributed by atoms with Crippen molar-refractivity contribution in [3.8, 4) is 55.6 Å². The Hall–Kier alpha value is -7.52. The molecule has 0 aliphatic rings. The van der Waals surface area contributed by atoms with Gasteiger partial charge in [0.05, 0.1) is 0 Å². The maximum absolute atomic E-state index is 2.38. The molecule has 0 radical (unpaired) electrons. The smallest absolute Gasteiger partial charge is 0.0467 e. The van der Waals surface area contributed by atoms with E-state index in [-0.39, 0.29) is 0 Å². The van der Waals surface area contributed by atoms with Gasteiger partial charge in [-0.2, -0.15) is 0 Å². The van der Waals surface area contributed by atoms with E-state index >= 15 is 0 Å². The number of rotatable bonds is 8. The molecule has 11 rings (SSSR count). The lowest BCUT2D eigenvalue weighted by Crippen LogP contribution is -2.10. The first kappa shape index (κ1) is 35.6. The van der Waals surface area contributed by atoms with Gasteiger partial charge in [0.15, 0.2) is 0 Å². The lowest BCUT2D eigenvalue weighted by atomic mass is 9.94. The summed E-state index contributed by atoms with van der Waals surface area (Å²) < 4.78 is 2.65. The fourth-order valence-corrected chi connectivity index (χ4v) is 9.92. The molecule has 0 spiro atoms. The highest BCUT2D eigenvalue weighted by Crippen LogP contribution is 2.43. The molecule has 0 aliphatic heterocycles. The average molecular weight is 782 g/mol. The Labute approximate surface area is 354 Å². The van der Waals surface area contributed by atoms with Gasteiger partial charge in [-0.25, -0.2) is 0 Å². The predicted octanol–water partition coefficient (Wildman–Crippen LogP) is 17.0. The van der Waals surface area contributed by atoms with Gasteiger partial charge in [-0.15, -0.1) is 11.3 Å². The summed E-state index contributed by atoms with van der Waals surface area (Å²) >= 11 is 1.88. The summed E-state index contributed by atoms with van der Waals surface area (Å²) in [6.07, 6.45) is 0. The number of hydrogen-bond donors (Lipinski definition) is 0. The third-order valence-corrected chi connectivity index (χ3v) is 12.9. The molecule has 0 bridgehead atoms. The molecule has 0 aliphatic carbocycles. The molecular weight excluding hydrogens is 743 g/mol. The molecule has 282 valence electrons. The van der Waals surface area contributed by atoms with Crippen LogP contribution in [0.1, 0.15) is 0 Å². The van der Waals surface area contributed by atoms with E-state index in [1.165, 1.54) is 86.6 Å². The third kappa shape index (κ3) is 6.63. The zero-order valence-electron chi connectivity index (χ0n) is 32.9. The fourth-order valence-electron chi connectivity index (χ4n) is 8.68. The zero-order chi connectivity index (χ0) is 39.8. The number of hydrogen-bond acceptors (Lipinski definition) is 2. The molecule has 0 saturated heterocycles. The largest absolute Gasteiger partial charge is 0.310 e. The van der Waals surface area contributed by atoms with E-state index in [4.69, 9.17) is 0 Å². The third-order valence-electron chi connectivity index (χ3n) is 11.7. The van der Waals surface area contributed by atoms with Crippen LogP contribution in [0.15, 0.2) is 237 Å². The molecule has 0 saturated carbocycles. The molecule has 0 fully saturated rings. The van der Waals surface area contributed by atoms with E-state index in [1.54, 1.807) is 0 Å². The van der Waals surface area contributed by atoms with Crippen molar-refractivity contribution in [3.63, 3.8) is 0 Å². The Balaban J connectivity index is 0.991. The van der Waals surface area contributed by atoms with Crippen LogP contribution in [0.4, 0.5) is 17.1 Å². The predicted molar refractivity (Wildman–Crippen MR) is 259 cm³/mol. The number of thiophene rings is 1. The summed E-state index contributed by atoms with van der Waals surface area (Å²) in [6, 6.07) is 86.1. The van der Waals surface area contributed by atoms with Gasteiger partial charge < -0.3 is 4.90 Å². The van der Waals surface area contributed by atoms with E-state index in [0.717, 1.165) is 17.1 Å². The zero-order valence-corrected chi connectivity index (χ0v) is 33.7. The van der Waals surface area contributed by atoms with Crippen LogP contribution in [-0.4, -0.2) is 0 Å². The number of fused-ring (bicyclic) bond motifs is 4. The summed E-state index contributed by atoms with van der Waals surface area (Å²) in [6.45, 7) is 0. The average Bonchev–Trinajstić information content (AvgIpc) is 3.72. The van der Waals surface area contributed by atoms with Crippen molar-refractivity contribution >= 4 is 59.3 Å². The van der Waals surface area contributed by atoms with Crippen LogP contribution < -0.4 is 4.90 Å². The van der Waals surface area contributed by atoms with Crippen molar-refractivity contribution in [2.24, 2.45) is 0 Å². The van der Waals surface area contributed by atoms with Crippen molar-refractivity contribution in [1.29, 1.82) is 0 Å². The summed E-state index contributed by atoms with van der Waals surface area (Å²) in [5, 5.41) is 5.14. The van der Waals surface area contributed by atoms with Crippen molar-refractivity contribution < 1.29 is 0 Å². The summed E-state index contributed by atoms with van der Waals surface area (Å²) in [4.78, 5) is 2.38. The van der Waals surface area contributed by atoms with Crippen LogP contribution >= 0.6 is 11.3 Å². The number of nitrogens with zero attached hydrogens (tertiary/aromatic N) is 1. The van der Waals surface area contributed by atoms with E-state index in [1.807, 2.05) is 11.3 Å². The van der Waals surface area contributed by atoms with Crippen molar-refractivity contribution in [1.82, 2.24) is 0 Å². The van der Waals surface area contributed by atoms with Gasteiger partial charge in [0.1, 0.15) is 0 Å². The van der Waals surface area contributed by atoms with Gasteiger partial charge in [0.2, 0.25) is 0 Å².